The number of nitrogens with zero attached hydrogens (tertiary/aromatic N) is 2. The van der Waals surface area contributed by atoms with Crippen molar-refractivity contribution in [1.82, 2.24) is 9.97 Å². The first-order valence-electron chi connectivity index (χ1n) is 8.10. The maximum absolute atomic E-state index is 12.5. The van der Waals surface area contributed by atoms with E-state index in [0.29, 0.717) is 6.07 Å². The lowest BCUT2D eigenvalue weighted by atomic mass is 9.99. The van der Waals surface area contributed by atoms with E-state index in [-0.39, 0.29) is 23.0 Å². The molecule has 0 unspecified atom stereocenters. The van der Waals surface area contributed by atoms with Gasteiger partial charge in [0.15, 0.2) is 5.69 Å². The van der Waals surface area contributed by atoms with Crippen LogP contribution in [-0.4, -0.2) is 9.97 Å². The fourth-order valence-electron chi connectivity index (χ4n) is 2.29. The smallest absolute Gasteiger partial charge is 0.228 e. The molecule has 0 aliphatic rings. The SMILES string of the molecule is CC(C)c1ccc(F)nc1C(F)(F)F.CC(C)c1cnc(F)cc1C(F)(F)F. The van der Waals surface area contributed by atoms with E-state index in [9.17, 15) is 35.1 Å². The summed E-state index contributed by atoms with van der Waals surface area (Å²) in [5.41, 5.74) is -2.05. The molecule has 0 aliphatic carbocycles. The van der Waals surface area contributed by atoms with Gasteiger partial charge in [0.2, 0.25) is 11.9 Å². The van der Waals surface area contributed by atoms with E-state index in [2.05, 4.69) is 9.97 Å². The highest BCUT2D eigenvalue weighted by atomic mass is 19.4. The molecule has 2 heterocycles. The quantitative estimate of drug-likeness (QED) is 0.402. The molecule has 0 N–H and O–H groups in total. The summed E-state index contributed by atoms with van der Waals surface area (Å²) >= 11 is 0. The largest absolute Gasteiger partial charge is 0.433 e. The molecular weight excluding hydrogens is 396 g/mol. The number of halogens is 8. The van der Waals surface area contributed by atoms with Crippen molar-refractivity contribution in [3.8, 4) is 0 Å². The fraction of sp³-hybridized carbons (Fsp3) is 0.444. The Morgan fingerprint density at radius 2 is 1.29 bits per heavy atom. The average Bonchev–Trinajstić information content (AvgIpc) is 2.53. The van der Waals surface area contributed by atoms with Gasteiger partial charge in [-0.25, -0.2) is 9.97 Å². The van der Waals surface area contributed by atoms with Crippen molar-refractivity contribution in [3.63, 3.8) is 0 Å². The maximum Gasteiger partial charge on any atom is 0.433 e. The molecule has 0 spiro atoms. The minimum absolute atomic E-state index is 0.0129. The first-order chi connectivity index (χ1) is 12.6. The van der Waals surface area contributed by atoms with Gasteiger partial charge in [-0.15, -0.1) is 0 Å². The van der Waals surface area contributed by atoms with Gasteiger partial charge in [-0.2, -0.15) is 35.1 Å². The lowest BCUT2D eigenvalue weighted by Gasteiger charge is -2.14. The lowest BCUT2D eigenvalue weighted by Crippen LogP contribution is -2.13. The zero-order valence-electron chi connectivity index (χ0n) is 15.4. The molecule has 2 nitrogen and oxygen atoms in total. The highest BCUT2D eigenvalue weighted by Crippen LogP contribution is 2.35. The molecule has 0 saturated heterocycles. The average molecular weight is 414 g/mol. The molecule has 0 aromatic carbocycles. The number of aromatic nitrogens is 2. The zero-order valence-corrected chi connectivity index (χ0v) is 15.4. The second kappa shape index (κ2) is 8.83. The van der Waals surface area contributed by atoms with E-state index < -0.39 is 35.5 Å². The second-order valence-electron chi connectivity index (χ2n) is 6.47. The number of pyridine rings is 2. The van der Waals surface area contributed by atoms with Gasteiger partial charge >= 0.3 is 12.4 Å². The van der Waals surface area contributed by atoms with E-state index in [0.717, 1.165) is 18.3 Å². The fourth-order valence-corrected chi connectivity index (χ4v) is 2.29. The van der Waals surface area contributed by atoms with Gasteiger partial charge in [-0.05, 0) is 29.0 Å². The van der Waals surface area contributed by atoms with E-state index in [1.165, 1.54) is 0 Å². The minimum atomic E-state index is -4.60. The van der Waals surface area contributed by atoms with Crippen molar-refractivity contribution in [3.05, 3.63) is 58.7 Å². The van der Waals surface area contributed by atoms with Crippen LogP contribution in [0.2, 0.25) is 0 Å². The molecule has 156 valence electrons. The molecule has 0 radical (unpaired) electrons. The highest BCUT2D eigenvalue weighted by Gasteiger charge is 2.36. The zero-order chi connectivity index (χ0) is 21.9. The third-order valence-corrected chi connectivity index (χ3v) is 3.61. The van der Waals surface area contributed by atoms with Gasteiger partial charge in [-0.1, -0.05) is 33.8 Å². The van der Waals surface area contributed by atoms with Gasteiger partial charge in [0.05, 0.1) is 5.56 Å². The van der Waals surface area contributed by atoms with Crippen molar-refractivity contribution in [1.29, 1.82) is 0 Å². The van der Waals surface area contributed by atoms with Crippen LogP contribution < -0.4 is 0 Å². The summed E-state index contributed by atoms with van der Waals surface area (Å²) < 4.78 is 99.3. The number of alkyl halides is 6. The van der Waals surface area contributed by atoms with Crippen LogP contribution in [0.25, 0.3) is 0 Å². The van der Waals surface area contributed by atoms with Crippen molar-refractivity contribution >= 4 is 0 Å². The predicted molar refractivity (Wildman–Crippen MR) is 86.6 cm³/mol. The Bertz CT molecular complexity index is 728. The van der Waals surface area contributed by atoms with Crippen LogP contribution in [0.5, 0.6) is 0 Å². The molecule has 0 bridgehead atoms. The Morgan fingerprint density at radius 1 is 0.750 bits per heavy atom. The van der Waals surface area contributed by atoms with Crippen LogP contribution in [0.15, 0.2) is 24.4 Å². The van der Waals surface area contributed by atoms with Crippen molar-refractivity contribution < 1.29 is 35.1 Å². The predicted octanol–water partition coefficient (Wildman–Crippen LogP) is 6.73. The first-order valence-corrected chi connectivity index (χ1v) is 8.10. The summed E-state index contributed by atoms with van der Waals surface area (Å²) in [6.45, 7) is 6.41. The maximum atomic E-state index is 12.5. The van der Waals surface area contributed by atoms with Gasteiger partial charge in [-0.3, -0.25) is 0 Å². The number of hydrogen-bond acceptors (Lipinski definition) is 2. The summed E-state index contributed by atoms with van der Waals surface area (Å²) in [5.74, 6) is -2.89. The third-order valence-electron chi connectivity index (χ3n) is 3.61. The van der Waals surface area contributed by atoms with Gasteiger partial charge < -0.3 is 0 Å². The normalized spacial score (nSPS) is 12.2. The number of rotatable bonds is 2. The molecule has 2 rings (SSSR count). The van der Waals surface area contributed by atoms with Gasteiger partial charge in [0.1, 0.15) is 0 Å². The topological polar surface area (TPSA) is 25.8 Å². The van der Waals surface area contributed by atoms with E-state index in [4.69, 9.17) is 0 Å². The van der Waals surface area contributed by atoms with Gasteiger partial charge in [0.25, 0.3) is 0 Å². The molecular formula is C18H18F8N2. The van der Waals surface area contributed by atoms with Crippen LogP contribution in [0.3, 0.4) is 0 Å². The first kappa shape index (κ1) is 23.8. The molecule has 0 amide bonds. The molecule has 0 saturated carbocycles. The standard InChI is InChI=1S/2C9H9F4N/c1-5(2)6-4-14-8(10)3-7(6)9(11,12)13;1-5(2)6-3-4-7(10)14-8(6)9(11,12)13/h2*3-5H,1-2H3. The summed E-state index contributed by atoms with van der Waals surface area (Å²) in [5, 5.41) is 0. The number of hydrogen-bond donors (Lipinski definition) is 0. The van der Waals surface area contributed by atoms with Crippen LogP contribution in [0.4, 0.5) is 35.1 Å². The Hall–Kier alpha value is -2.26. The Balaban J connectivity index is 0.000000280. The Kier molecular flexibility index (Phi) is 7.50. The van der Waals surface area contributed by atoms with Gasteiger partial charge in [0, 0.05) is 12.3 Å². The van der Waals surface area contributed by atoms with E-state index in [1.807, 2.05) is 0 Å². The Labute approximate surface area is 156 Å². The summed E-state index contributed by atoms with van der Waals surface area (Å²) in [7, 11) is 0. The van der Waals surface area contributed by atoms with Crippen LogP contribution in [0.1, 0.15) is 61.9 Å². The molecule has 0 fully saturated rings. The van der Waals surface area contributed by atoms with Crippen molar-refractivity contribution in [2.45, 2.75) is 51.9 Å². The highest BCUT2D eigenvalue weighted by molar-refractivity contribution is 5.29. The molecule has 10 heteroatoms. The summed E-state index contributed by atoms with van der Waals surface area (Å²) in [6.07, 6.45) is -8.19. The summed E-state index contributed by atoms with van der Waals surface area (Å²) in [6, 6.07) is 2.48. The van der Waals surface area contributed by atoms with Crippen molar-refractivity contribution in [2.75, 3.05) is 0 Å². The molecule has 28 heavy (non-hydrogen) atoms. The molecule has 2 aromatic heterocycles. The van der Waals surface area contributed by atoms with Crippen LogP contribution >= 0.6 is 0 Å². The van der Waals surface area contributed by atoms with Crippen molar-refractivity contribution in [2.24, 2.45) is 0 Å². The van der Waals surface area contributed by atoms with Crippen LogP contribution in [-0.2, 0) is 12.4 Å². The monoisotopic (exact) mass is 414 g/mol. The summed E-state index contributed by atoms with van der Waals surface area (Å²) in [4.78, 5) is 6.08. The second-order valence-corrected chi connectivity index (χ2v) is 6.47. The third kappa shape index (κ3) is 6.42. The molecule has 2 aromatic rings. The molecule has 0 atom stereocenters. The lowest BCUT2D eigenvalue weighted by molar-refractivity contribution is -0.142. The van der Waals surface area contributed by atoms with E-state index in [1.54, 1.807) is 27.7 Å². The minimum Gasteiger partial charge on any atom is -0.228 e. The van der Waals surface area contributed by atoms with Crippen LogP contribution in [0, 0.1) is 11.9 Å². The molecule has 0 aliphatic heterocycles. The Morgan fingerprint density at radius 3 is 1.71 bits per heavy atom. The van der Waals surface area contributed by atoms with E-state index >= 15 is 0 Å².